The number of hydrogen-bond donors (Lipinski definition) is 2. The quantitative estimate of drug-likeness (QED) is 0.661. The number of nitrogens with one attached hydrogen (secondary N) is 2. The summed E-state index contributed by atoms with van der Waals surface area (Å²) in [7, 11) is 0. The third-order valence-electron chi connectivity index (χ3n) is 6.64. The van der Waals surface area contributed by atoms with Gasteiger partial charge in [0.2, 0.25) is 0 Å². The molecule has 2 fully saturated rings. The summed E-state index contributed by atoms with van der Waals surface area (Å²) in [5.41, 5.74) is 2.80. The van der Waals surface area contributed by atoms with Gasteiger partial charge in [-0.05, 0) is 80.5 Å². The first-order valence-electron chi connectivity index (χ1n) is 11.8. The maximum Gasteiger partial charge on any atom is 0.319 e. The van der Waals surface area contributed by atoms with Crippen LogP contribution in [0.25, 0.3) is 0 Å². The first kappa shape index (κ1) is 23.6. The van der Waals surface area contributed by atoms with Crippen LogP contribution >= 0.6 is 0 Å². The number of amides is 2. The number of piperidine rings is 1. The van der Waals surface area contributed by atoms with Crippen LogP contribution in [0.15, 0.2) is 48.5 Å². The predicted octanol–water partition coefficient (Wildman–Crippen LogP) is 4.71. The Balaban J connectivity index is 1.28. The number of rotatable bonds is 6. The average Bonchev–Trinajstić information content (AvgIpc) is 2.78. The van der Waals surface area contributed by atoms with E-state index in [-0.39, 0.29) is 29.9 Å². The number of alkyl halides is 1. The highest BCUT2D eigenvalue weighted by Crippen LogP contribution is 2.26. The third kappa shape index (κ3) is 6.74. The van der Waals surface area contributed by atoms with E-state index in [0.717, 1.165) is 42.6 Å². The van der Waals surface area contributed by atoms with Crippen LogP contribution in [-0.2, 0) is 11.2 Å². The average molecular weight is 458 g/mol. The number of hydrogen-bond acceptors (Lipinski definition) is 3. The normalized spacial score (nSPS) is 26.0. The number of benzene rings is 2. The lowest BCUT2D eigenvalue weighted by Gasteiger charge is -2.39. The molecular weight excluding hydrogens is 424 g/mol. The Labute approximate surface area is 194 Å². The molecule has 0 saturated carbocycles. The summed E-state index contributed by atoms with van der Waals surface area (Å²) >= 11 is 0. The second-order valence-electron chi connectivity index (χ2n) is 9.28. The van der Waals surface area contributed by atoms with E-state index in [9.17, 15) is 13.6 Å². The van der Waals surface area contributed by atoms with E-state index in [1.807, 2.05) is 31.2 Å². The fourth-order valence-electron chi connectivity index (χ4n) is 4.83. The molecule has 4 rings (SSSR count). The summed E-state index contributed by atoms with van der Waals surface area (Å²) in [4.78, 5) is 14.7. The number of carbonyl (C=O) groups is 1. The molecule has 2 aromatic rings. The molecule has 2 saturated heterocycles. The number of carbonyl (C=O) groups excluding carboxylic acids is 1. The molecule has 0 aliphatic carbocycles. The molecule has 2 aliphatic heterocycles. The standard InChI is InChI=1S/C26H33F2N3O2/c1-18-4-2-5-22(14-18)29-26(32)30-24-6-3-13-33-25(24)17-31-12-11-20(23(28)16-31)15-19-7-9-21(27)10-8-19/h2,4-5,7-10,14,20,23-25H,3,6,11-13,15-17H2,1H3,(H2,29,30,32). The molecule has 178 valence electrons. The molecule has 33 heavy (non-hydrogen) atoms. The van der Waals surface area contributed by atoms with Gasteiger partial charge in [-0.3, -0.25) is 4.90 Å². The van der Waals surface area contributed by atoms with Gasteiger partial charge in [0.25, 0.3) is 0 Å². The number of ether oxygens (including phenoxy) is 1. The van der Waals surface area contributed by atoms with Gasteiger partial charge in [-0.1, -0.05) is 24.3 Å². The fourth-order valence-corrected chi connectivity index (χ4v) is 4.83. The molecule has 0 radical (unpaired) electrons. The van der Waals surface area contributed by atoms with Crippen LogP contribution < -0.4 is 10.6 Å². The zero-order chi connectivity index (χ0) is 23.2. The van der Waals surface area contributed by atoms with Crippen LogP contribution in [0.1, 0.15) is 30.4 Å². The lowest BCUT2D eigenvalue weighted by Crippen LogP contribution is -2.54. The van der Waals surface area contributed by atoms with Crippen molar-refractivity contribution in [1.82, 2.24) is 10.2 Å². The number of anilines is 1. The van der Waals surface area contributed by atoms with Gasteiger partial charge in [0.1, 0.15) is 12.0 Å². The Bertz CT molecular complexity index is 924. The van der Waals surface area contributed by atoms with E-state index >= 15 is 0 Å². The van der Waals surface area contributed by atoms with Gasteiger partial charge in [0.15, 0.2) is 0 Å². The molecular formula is C26H33F2N3O2. The van der Waals surface area contributed by atoms with Gasteiger partial charge in [-0.25, -0.2) is 13.6 Å². The largest absolute Gasteiger partial charge is 0.375 e. The summed E-state index contributed by atoms with van der Waals surface area (Å²) in [6, 6.07) is 13.6. The van der Waals surface area contributed by atoms with E-state index in [1.54, 1.807) is 12.1 Å². The van der Waals surface area contributed by atoms with Crippen molar-refractivity contribution in [2.75, 3.05) is 31.6 Å². The van der Waals surface area contributed by atoms with Gasteiger partial charge in [-0.2, -0.15) is 0 Å². The van der Waals surface area contributed by atoms with E-state index in [0.29, 0.717) is 26.1 Å². The maximum absolute atomic E-state index is 15.0. The van der Waals surface area contributed by atoms with E-state index < -0.39 is 6.17 Å². The number of urea groups is 1. The minimum Gasteiger partial charge on any atom is -0.375 e. The highest BCUT2D eigenvalue weighted by atomic mass is 19.1. The summed E-state index contributed by atoms with van der Waals surface area (Å²) in [5.74, 6) is -0.332. The fraction of sp³-hybridized carbons (Fsp3) is 0.500. The Morgan fingerprint density at radius 3 is 2.76 bits per heavy atom. The number of likely N-dealkylation sites (tertiary alicyclic amines) is 1. The molecule has 0 bridgehead atoms. The van der Waals surface area contributed by atoms with Crippen molar-refractivity contribution >= 4 is 11.7 Å². The van der Waals surface area contributed by atoms with Gasteiger partial charge in [-0.15, -0.1) is 0 Å². The van der Waals surface area contributed by atoms with Gasteiger partial charge < -0.3 is 15.4 Å². The summed E-state index contributed by atoms with van der Waals surface area (Å²) in [5, 5.41) is 5.95. The molecule has 4 atom stereocenters. The first-order valence-corrected chi connectivity index (χ1v) is 11.8. The lowest BCUT2D eigenvalue weighted by atomic mass is 9.88. The summed E-state index contributed by atoms with van der Waals surface area (Å²) in [6.45, 7) is 4.37. The zero-order valence-corrected chi connectivity index (χ0v) is 19.1. The van der Waals surface area contributed by atoms with Crippen LogP contribution in [0.2, 0.25) is 0 Å². The molecule has 0 spiro atoms. The predicted molar refractivity (Wildman–Crippen MR) is 126 cm³/mol. The van der Waals surface area contributed by atoms with Gasteiger partial charge in [0, 0.05) is 25.4 Å². The van der Waals surface area contributed by atoms with Gasteiger partial charge >= 0.3 is 6.03 Å². The first-order chi connectivity index (χ1) is 16.0. The summed E-state index contributed by atoms with van der Waals surface area (Å²) in [6.07, 6.45) is 1.99. The summed E-state index contributed by atoms with van der Waals surface area (Å²) < 4.78 is 34.1. The number of aryl methyl sites for hydroxylation is 1. The molecule has 4 unspecified atom stereocenters. The van der Waals surface area contributed by atoms with Crippen molar-refractivity contribution in [1.29, 1.82) is 0 Å². The van der Waals surface area contributed by atoms with Crippen molar-refractivity contribution in [3.8, 4) is 0 Å². The van der Waals surface area contributed by atoms with Crippen LogP contribution in [-0.4, -0.2) is 55.5 Å². The molecule has 2 aliphatic rings. The smallest absolute Gasteiger partial charge is 0.319 e. The van der Waals surface area contributed by atoms with E-state index in [4.69, 9.17) is 4.74 Å². The highest BCUT2D eigenvalue weighted by Gasteiger charge is 2.34. The van der Waals surface area contributed by atoms with Crippen LogP contribution in [0.5, 0.6) is 0 Å². The molecule has 2 heterocycles. The van der Waals surface area contributed by atoms with Crippen molar-refractivity contribution in [2.45, 2.75) is 50.9 Å². The maximum atomic E-state index is 15.0. The minimum absolute atomic E-state index is 0.0620. The SMILES string of the molecule is Cc1cccc(NC(=O)NC2CCCOC2CN2CCC(Cc3ccc(F)cc3)C(F)C2)c1. The molecule has 2 amide bonds. The van der Waals surface area contributed by atoms with Gasteiger partial charge in [0.05, 0.1) is 12.1 Å². The van der Waals surface area contributed by atoms with Crippen molar-refractivity contribution in [3.63, 3.8) is 0 Å². The van der Waals surface area contributed by atoms with Crippen LogP contribution in [0.3, 0.4) is 0 Å². The Hall–Kier alpha value is -2.51. The lowest BCUT2D eigenvalue weighted by molar-refractivity contribution is -0.0370. The van der Waals surface area contributed by atoms with Crippen LogP contribution in [0.4, 0.5) is 19.3 Å². The number of halogens is 2. The monoisotopic (exact) mass is 457 g/mol. The molecule has 0 aromatic heterocycles. The second-order valence-corrected chi connectivity index (χ2v) is 9.28. The van der Waals surface area contributed by atoms with E-state index in [1.165, 1.54) is 12.1 Å². The number of nitrogens with zero attached hydrogens (tertiary/aromatic N) is 1. The van der Waals surface area contributed by atoms with E-state index in [2.05, 4.69) is 15.5 Å². The van der Waals surface area contributed by atoms with Crippen molar-refractivity contribution in [3.05, 3.63) is 65.5 Å². The molecule has 7 heteroatoms. The van der Waals surface area contributed by atoms with Crippen LogP contribution in [0, 0.1) is 18.7 Å². The highest BCUT2D eigenvalue weighted by molar-refractivity contribution is 5.89. The third-order valence-corrected chi connectivity index (χ3v) is 6.64. The Kier molecular flexibility index (Phi) is 7.93. The Morgan fingerprint density at radius 1 is 1.18 bits per heavy atom. The van der Waals surface area contributed by atoms with Crippen molar-refractivity contribution in [2.24, 2.45) is 5.92 Å². The Morgan fingerprint density at radius 2 is 2.00 bits per heavy atom. The molecule has 2 N–H and O–H groups in total. The minimum atomic E-state index is -0.941. The van der Waals surface area contributed by atoms with Crippen molar-refractivity contribution < 1.29 is 18.3 Å². The second kappa shape index (κ2) is 11.1. The molecule has 2 aromatic carbocycles. The molecule has 5 nitrogen and oxygen atoms in total. The topological polar surface area (TPSA) is 53.6 Å². The zero-order valence-electron chi connectivity index (χ0n) is 19.1.